The number of ether oxygens (including phenoxy) is 2. The van der Waals surface area contributed by atoms with Gasteiger partial charge in [0.2, 0.25) is 5.91 Å². The van der Waals surface area contributed by atoms with E-state index in [2.05, 4.69) is 15.8 Å². The highest BCUT2D eigenvalue weighted by atomic mass is 32.2. The van der Waals surface area contributed by atoms with Crippen molar-refractivity contribution in [1.29, 1.82) is 0 Å². The van der Waals surface area contributed by atoms with Crippen LogP contribution in [0, 0.1) is 0 Å². The van der Waals surface area contributed by atoms with Crippen molar-refractivity contribution in [2.45, 2.75) is 11.8 Å². The van der Waals surface area contributed by atoms with E-state index in [-0.39, 0.29) is 16.5 Å². The molecule has 3 rings (SSSR count). The van der Waals surface area contributed by atoms with E-state index in [1.165, 1.54) is 56.6 Å². The summed E-state index contributed by atoms with van der Waals surface area (Å²) in [6.07, 6.45) is 1.42. The SMILES string of the molecule is COc1ccc(N(CC(=O)N/N=C\c2cccc(OC)c2)S(=O)(=O)c2ccc(NC(C)=O)cc2)cc1. The standard InChI is InChI=1S/C25H26N4O6S/c1-18(30)27-20-7-13-24(14-8-20)36(32,33)29(21-9-11-22(34-2)12-10-21)17-25(31)28-26-16-19-5-4-6-23(15-19)35-3/h4-16H,17H2,1-3H3,(H,27,30)(H,28,31)/b26-16-. The third-order valence-electron chi connectivity index (χ3n) is 4.91. The van der Waals surface area contributed by atoms with Crippen molar-refractivity contribution >= 4 is 39.4 Å². The molecular weight excluding hydrogens is 484 g/mol. The highest BCUT2D eigenvalue weighted by molar-refractivity contribution is 7.92. The number of hydrogen-bond donors (Lipinski definition) is 2. The van der Waals surface area contributed by atoms with Gasteiger partial charge in [0.1, 0.15) is 18.0 Å². The predicted molar refractivity (Wildman–Crippen MR) is 137 cm³/mol. The Kier molecular flexibility index (Phi) is 8.63. The summed E-state index contributed by atoms with van der Waals surface area (Å²) in [5.41, 5.74) is 3.75. The van der Waals surface area contributed by atoms with Gasteiger partial charge in [0.15, 0.2) is 0 Å². The van der Waals surface area contributed by atoms with E-state index in [1.807, 2.05) is 0 Å². The summed E-state index contributed by atoms with van der Waals surface area (Å²) >= 11 is 0. The van der Waals surface area contributed by atoms with Gasteiger partial charge < -0.3 is 14.8 Å². The first-order valence-corrected chi connectivity index (χ1v) is 12.2. The van der Waals surface area contributed by atoms with Gasteiger partial charge in [-0.3, -0.25) is 13.9 Å². The fourth-order valence-corrected chi connectivity index (χ4v) is 4.59. The maximum absolute atomic E-state index is 13.5. The molecule has 0 aliphatic heterocycles. The van der Waals surface area contributed by atoms with Crippen LogP contribution in [0.15, 0.2) is 82.8 Å². The Morgan fingerprint density at radius 3 is 2.22 bits per heavy atom. The molecule has 0 unspecified atom stereocenters. The van der Waals surface area contributed by atoms with Crippen molar-refractivity contribution in [2.75, 3.05) is 30.4 Å². The van der Waals surface area contributed by atoms with E-state index in [0.717, 1.165) is 4.31 Å². The molecule has 0 aromatic heterocycles. The number of sulfonamides is 1. The number of carbonyl (C=O) groups excluding carboxylic acids is 2. The van der Waals surface area contributed by atoms with Crippen molar-refractivity contribution < 1.29 is 27.5 Å². The van der Waals surface area contributed by atoms with Crippen LogP contribution in [0.3, 0.4) is 0 Å². The molecular formula is C25H26N4O6S. The predicted octanol–water partition coefficient (Wildman–Crippen LogP) is 3.01. The lowest BCUT2D eigenvalue weighted by Crippen LogP contribution is -2.39. The lowest BCUT2D eigenvalue weighted by atomic mass is 10.2. The van der Waals surface area contributed by atoms with Crippen molar-refractivity contribution in [1.82, 2.24) is 5.43 Å². The molecule has 0 fully saturated rings. The van der Waals surface area contributed by atoms with Crippen LogP contribution in [0.2, 0.25) is 0 Å². The number of rotatable bonds is 10. The molecule has 3 aromatic rings. The number of nitrogens with one attached hydrogen (secondary N) is 2. The molecule has 3 aromatic carbocycles. The Balaban J connectivity index is 1.84. The van der Waals surface area contributed by atoms with Gasteiger partial charge in [-0.05, 0) is 66.2 Å². The molecule has 0 spiro atoms. The van der Waals surface area contributed by atoms with Gasteiger partial charge in [-0.1, -0.05) is 12.1 Å². The molecule has 0 saturated heterocycles. The average Bonchev–Trinajstić information content (AvgIpc) is 2.87. The van der Waals surface area contributed by atoms with Crippen LogP contribution in [-0.2, 0) is 19.6 Å². The van der Waals surface area contributed by atoms with Crippen LogP contribution in [0.5, 0.6) is 11.5 Å². The molecule has 11 heteroatoms. The largest absolute Gasteiger partial charge is 0.497 e. The zero-order valence-electron chi connectivity index (χ0n) is 20.0. The fraction of sp³-hybridized carbons (Fsp3) is 0.160. The highest BCUT2D eigenvalue weighted by Crippen LogP contribution is 2.26. The van der Waals surface area contributed by atoms with Gasteiger partial charge in [0.05, 0.1) is 31.0 Å². The van der Waals surface area contributed by atoms with E-state index in [9.17, 15) is 18.0 Å². The second kappa shape index (κ2) is 11.8. The third kappa shape index (κ3) is 6.83. The monoisotopic (exact) mass is 510 g/mol. The van der Waals surface area contributed by atoms with Crippen LogP contribution in [-0.4, -0.2) is 47.2 Å². The number of methoxy groups -OCH3 is 2. The number of amides is 2. The number of carbonyl (C=O) groups is 2. The minimum Gasteiger partial charge on any atom is -0.497 e. The fourth-order valence-electron chi connectivity index (χ4n) is 3.17. The third-order valence-corrected chi connectivity index (χ3v) is 6.70. The zero-order chi connectivity index (χ0) is 26.1. The van der Waals surface area contributed by atoms with Crippen LogP contribution in [0.25, 0.3) is 0 Å². The van der Waals surface area contributed by atoms with Crippen molar-refractivity contribution in [3.05, 3.63) is 78.4 Å². The van der Waals surface area contributed by atoms with Gasteiger partial charge in [-0.2, -0.15) is 5.10 Å². The first kappa shape index (κ1) is 26.2. The van der Waals surface area contributed by atoms with E-state index in [1.54, 1.807) is 43.5 Å². The molecule has 36 heavy (non-hydrogen) atoms. The summed E-state index contributed by atoms with van der Waals surface area (Å²) in [5, 5.41) is 6.51. The summed E-state index contributed by atoms with van der Waals surface area (Å²) in [6.45, 7) is 0.822. The van der Waals surface area contributed by atoms with Crippen LogP contribution >= 0.6 is 0 Å². The summed E-state index contributed by atoms with van der Waals surface area (Å²) in [4.78, 5) is 23.9. The van der Waals surface area contributed by atoms with Crippen LogP contribution in [0.1, 0.15) is 12.5 Å². The van der Waals surface area contributed by atoms with Crippen molar-refractivity contribution in [2.24, 2.45) is 5.10 Å². The van der Waals surface area contributed by atoms with E-state index in [4.69, 9.17) is 9.47 Å². The van der Waals surface area contributed by atoms with E-state index < -0.39 is 22.5 Å². The topological polar surface area (TPSA) is 126 Å². The number of benzene rings is 3. The molecule has 0 heterocycles. The molecule has 10 nitrogen and oxygen atoms in total. The van der Waals surface area contributed by atoms with Gasteiger partial charge in [-0.15, -0.1) is 0 Å². The van der Waals surface area contributed by atoms with Gasteiger partial charge >= 0.3 is 0 Å². The van der Waals surface area contributed by atoms with Gasteiger partial charge in [0.25, 0.3) is 15.9 Å². The molecule has 0 atom stereocenters. The number of hydrazone groups is 1. The summed E-state index contributed by atoms with van der Waals surface area (Å²) in [7, 11) is -1.11. The molecule has 0 aliphatic rings. The summed E-state index contributed by atoms with van der Waals surface area (Å²) in [6, 6.07) is 19.0. The Labute approximate surface area is 209 Å². The number of nitrogens with zero attached hydrogens (tertiary/aromatic N) is 2. The quantitative estimate of drug-likeness (QED) is 0.319. The average molecular weight is 511 g/mol. The molecule has 0 aliphatic carbocycles. The van der Waals surface area contributed by atoms with Gasteiger partial charge in [-0.25, -0.2) is 13.8 Å². The first-order chi connectivity index (χ1) is 17.2. The van der Waals surface area contributed by atoms with Crippen molar-refractivity contribution in [3.63, 3.8) is 0 Å². The van der Waals surface area contributed by atoms with Crippen LogP contribution in [0.4, 0.5) is 11.4 Å². The first-order valence-electron chi connectivity index (χ1n) is 10.7. The molecule has 2 N–H and O–H groups in total. The maximum atomic E-state index is 13.5. The second-order valence-electron chi connectivity index (χ2n) is 7.49. The van der Waals surface area contributed by atoms with E-state index >= 15 is 0 Å². The van der Waals surface area contributed by atoms with Crippen molar-refractivity contribution in [3.8, 4) is 11.5 Å². The van der Waals surface area contributed by atoms with Crippen LogP contribution < -0.4 is 24.5 Å². The highest BCUT2D eigenvalue weighted by Gasteiger charge is 2.27. The minimum absolute atomic E-state index is 0.0555. The molecule has 0 bridgehead atoms. The Bertz CT molecular complexity index is 1340. The zero-order valence-corrected chi connectivity index (χ0v) is 20.8. The number of anilines is 2. The maximum Gasteiger partial charge on any atom is 0.264 e. The summed E-state index contributed by atoms with van der Waals surface area (Å²) < 4.78 is 38.3. The lowest BCUT2D eigenvalue weighted by molar-refractivity contribution is -0.119. The van der Waals surface area contributed by atoms with E-state index in [0.29, 0.717) is 22.7 Å². The normalized spacial score (nSPS) is 11.1. The number of hydrogen-bond acceptors (Lipinski definition) is 7. The molecule has 188 valence electrons. The molecule has 0 saturated carbocycles. The Morgan fingerprint density at radius 1 is 0.944 bits per heavy atom. The summed E-state index contributed by atoms with van der Waals surface area (Å²) in [5.74, 6) is 0.231. The molecule has 0 radical (unpaired) electrons. The minimum atomic E-state index is -4.15. The Hall–Kier alpha value is -4.38. The second-order valence-corrected chi connectivity index (χ2v) is 9.35. The van der Waals surface area contributed by atoms with Gasteiger partial charge in [0, 0.05) is 12.6 Å². The smallest absolute Gasteiger partial charge is 0.264 e. The lowest BCUT2D eigenvalue weighted by Gasteiger charge is -2.24. The Morgan fingerprint density at radius 2 is 1.61 bits per heavy atom. The molecule has 2 amide bonds.